The maximum absolute atomic E-state index is 5.99. The minimum Gasteiger partial charge on any atom is -0.398 e. The summed E-state index contributed by atoms with van der Waals surface area (Å²) < 4.78 is 1.15. The van der Waals surface area contributed by atoms with E-state index in [0.29, 0.717) is 0 Å². The van der Waals surface area contributed by atoms with E-state index in [0.717, 1.165) is 24.9 Å². The lowest BCUT2D eigenvalue weighted by Gasteiger charge is -2.06. The normalized spacial score (nSPS) is 10.5. The summed E-state index contributed by atoms with van der Waals surface area (Å²) in [6, 6.07) is 10.2. The number of aryl methyl sites for hydroxylation is 2. The van der Waals surface area contributed by atoms with Crippen LogP contribution in [0.2, 0.25) is 0 Å². The first-order chi connectivity index (χ1) is 8.04. The third kappa shape index (κ3) is 3.35. The van der Waals surface area contributed by atoms with Crippen molar-refractivity contribution in [2.75, 3.05) is 5.73 Å². The zero-order valence-electron chi connectivity index (χ0n) is 9.70. The lowest BCUT2D eigenvalue weighted by atomic mass is 10.3. The van der Waals surface area contributed by atoms with E-state index in [1.807, 2.05) is 19.1 Å². The Balaban J connectivity index is 2.31. The Morgan fingerprint density at radius 1 is 1.18 bits per heavy atom. The molecule has 0 spiro atoms. The van der Waals surface area contributed by atoms with Crippen LogP contribution in [0.1, 0.15) is 11.3 Å². The van der Waals surface area contributed by atoms with E-state index in [1.165, 1.54) is 5.56 Å². The smallest absolute Gasteiger partial charge is 0.101 e. The number of aromatic nitrogens is 1. The van der Waals surface area contributed by atoms with Crippen molar-refractivity contribution in [1.82, 2.24) is 4.98 Å². The Morgan fingerprint density at radius 2 is 1.94 bits per heavy atom. The van der Waals surface area contributed by atoms with E-state index in [9.17, 15) is 0 Å². The largest absolute Gasteiger partial charge is 0.398 e. The third-order valence-corrected chi connectivity index (χ3v) is 3.94. The minimum absolute atomic E-state index is 0.808. The molecule has 0 fully saturated rings. The summed E-state index contributed by atoms with van der Waals surface area (Å²) in [6.07, 6.45) is 0. The number of nitrogen functional groups attached to an aromatic ring is 1. The molecular weight excluding hydrogens is 343 g/mol. The number of nitrogens with zero attached hydrogens (tertiary/aromatic N) is 1. The molecule has 1 aromatic carbocycles. The standard InChI is InChI=1S/C13H13IN2S/c1-8-5-9(2)16-13(6-8)17-12-4-3-10(14)7-11(12)15/h3-7H,15H2,1-2H3. The van der Waals surface area contributed by atoms with Crippen LogP contribution in [-0.2, 0) is 0 Å². The Labute approximate surface area is 119 Å². The van der Waals surface area contributed by atoms with Crippen molar-refractivity contribution in [3.8, 4) is 0 Å². The van der Waals surface area contributed by atoms with Gasteiger partial charge < -0.3 is 5.73 Å². The van der Waals surface area contributed by atoms with Crippen LogP contribution in [0.3, 0.4) is 0 Å². The molecule has 1 aromatic heterocycles. The Kier molecular flexibility index (Phi) is 3.93. The Bertz CT molecular complexity index is 535. The number of rotatable bonds is 2. The fourth-order valence-corrected chi connectivity index (χ4v) is 3.07. The number of hydrogen-bond donors (Lipinski definition) is 1. The zero-order chi connectivity index (χ0) is 12.4. The summed E-state index contributed by atoms with van der Waals surface area (Å²) in [5.74, 6) is 0. The van der Waals surface area contributed by atoms with Crippen molar-refractivity contribution >= 4 is 40.0 Å². The van der Waals surface area contributed by atoms with Gasteiger partial charge in [0.1, 0.15) is 5.03 Å². The number of nitrogens with two attached hydrogens (primary N) is 1. The number of benzene rings is 1. The van der Waals surface area contributed by atoms with Crippen LogP contribution in [0.4, 0.5) is 5.69 Å². The van der Waals surface area contributed by atoms with Gasteiger partial charge in [0.2, 0.25) is 0 Å². The monoisotopic (exact) mass is 356 g/mol. The summed E-state index contributed by atoms with van der Waals surface area (Å²) >= 11 is 3.87. The second-order valence-corrected chi connectivity index (χ2v) is 6.22. The van der Waals surface area contributed by atoms with E-state index < -0.39 is 0 Å². The summed E-state index contributed by atoms with van der Waals surface area (Å²) in [7, 11) is 0. The van der Waals surface area contributed by atoms with Crippen molar-refractivity contribution in [1.29, 1.82) is 0 Å². The molecule has 2 nitrogen and oxygen atoms in total. The molecule has 0 aliphatic carbocycles. The molecule has 17 heavy (non-hydrogen) atoms. The Hall–Kier alpha value is -0.750. The molecule has 2 aromatic rings. The van der Waals surface area contributed by atoms with Crippen LogP contribution in [0, 0.1) is 17.4 Å². The van der Waals surface area contributed by atoms with Gasteiger partial charge in [0.25, 0.3) is 0 Å². The first-order valence-electron chi connectivity index (χ1n) is 5.23. The van der Waals surface area contributed by atoms with E-state index in [-0.39, 0.29) is 0 Å². The molecule has 0 bridgehead atoms. The van der Waals surface area contributed by atoms with Crippen molar-refractivity contribution < 1.29 is 0 Å². The molecule has 0 unspecified atom stereocenters. The molecule has 0 saturated carbocycles. The van der Waals surface area contributed by atoms with Crippen molar-refractivity contribution in [3.05, 3.63) is 45.2 Å². The lowest BCUT2D eigenvalue weighted by Crippen LogP contribution is -1.91. The molecule has 2 rings (SSSR count). The summed E-state index contributed by atoms with van der Waals surface area (Å²) in [6.45, 7) is 4.09. The van der Waals surface area contributed by atoms with Crippen LogP contribution >= 0.6 is 34.4 Å². The quantitative estimate of drug-likeness (QED) is 0.652. The first kappa shape index (κ1) is 12.7. The number of hydrogen-bond acceptors (Lipinski definition) is 3. The minimum atomic E-state index is 0.808. The predicted molar refractivity (Wildman–Crippen MR) is 81.4 cm³/mol. The molecule has 0 atom stereocenters. The molecule has 0 saturated heterocycles. The summed E-state index contributed by atoms with van der Waals surface area (Å²) in [4.78, 5) is 5.56. The number of anilines is 1. The van der Waals surface area contributed by atoms with Gasteiger partial charge >= 0.3 is 0 Å². The highest BCUT2D eigenvalue weighted by Crippen LogP contribution is 2.32. The molecule has 4 heteroatoms. The van der Waals surface area contributed by atoms with Gasteiger partial charge in [-0.15, -0.1) is 0 Å². The molecule has 0 aliphatic rings. The van der Waals surface area contributed by atoms with Gasteiger partial charge in [-0.05, 0) is 72.3 Å². The molecule has 0 amide bonds. The Morgan fingerprint density at radius 3 is 2.59 bits per heavy atom. The molecule has 0 aliphatic heterocycles. The molecule has 1 heterocycles. The summed E-state index contributed by atoms with van der Waals surface area (Å²) in [5, 5.41) is 0.996. The second-order valence-electron chi connectivity index (χ2n) is 3.91. The molecule has 2 N–H and O–H groups in total. The highest BCUT2D eigenvalue weighted by molar-refractivity contribution is 14.1. The number of pyridine rings is 1. The first-order valence-corrected chi connectivity index (χ1v) is 7.12. The number of halogens is 1. The molecular formula is C13H13IN2S. The van der Waals surface area contributed by atoms with E-state index in [2.05, 4.69) is 52.7 Å². The van der Waals surface area contributed by atoms with Crippen molar-refractivity contribution in [3.63, 3.8) is 0 Å². The SMILES string of the molecule is Cc1cc(C)nc(Sc2ccc(I)cc2N)c1. The van der Waals surface area contributed by atoms with E-state index in [4.69, 9.17) is 5.73 Å². The lowest BCUT2D eigenvalue weighted by molar-refractivity contribution is 1.05. The van der Waals surface area contributed by atoms with Gasteiger partial charge in [-0.1, -0.05) is 11.8 Å². The van der Waals surface area contributed by atoms with Gasteiger partial charge in [-0.2, -0.15) is 0 Å². The van der Waals surface area contributed by atoms with Crippen LogP contribution < -0.4 is 5.73 Å². The average molecular weight is 356 g/mol. The predicted octanol–water partition coefficient (Wildman–Crippen LogP) is 4.04. The highest BCUT2D eigenvalue weighted by atomic mass is 127. The van der Waals surface area contributed by atoms with Gasteiger partial charge in [0.15, 0.2) is 0 Å². The fourth-order valence-electron chi connectivity index (χ4n) is 1.58. The maximum Gasteiger partial charge on any atom is 0.101 e. The average Bonchev–Trinajstić information content (AvgIpc) is 2.21. The topological polar surface area (TPSA) is 38.9 Å². The van der Waals surface area contributed by atoms with Crippen LogP contribution in [0.5, 0.6) is 0 Å². The molecule has 88 valence electrons. The molecule has 0 radical (unpaired) electrons. The zero-order valence-corrected chi connectivity index (χ0v) is 12.7. The van der Waals surface area contributed by atoms with E-state index >= 15 is 0 Å². The second kappa shape index (κ2) is 5.27. The highest BCUT2D eigenvalue weighted by Gasteiger charge is 2.04. The van der Waals surface area contributed by atoms with Gasteiger partial charge in [0.05, 0.1) is 0 Å². The van der Waals surface area contributed by atoms with Crippen molar-refractivity contribution in [2.45, 2.75) is 23.8 Å². The van der Waals surface area contributed by atoms with Gasteiger partial charge in [-0.25, -0.2) is 4.98 Å². The third-order valence-electron chi connectivity index (χ3n) is 2.26. The van der Waals surface area contributed by atoms with Gasteiger partial charge in [0, 0.05) is 19.8 Å². The van der Waals surface area contributed by atoms with Crippen molar-refractivity contribution in [2.24, 2.45) is 0 Å². The van der Waals surface area contributed by atoms with Crippen LogP contribution in [-0.4, -0.2) is 4.98 Å². The van der Waals surface area contributed by atoms with Crippen LogP contribution in [0.15, 0.2) is 40.3 Å². The maximum atomic E-state index is 5.99. The van der Waals surface area contributed by atoms with Gasteiger partial charge in [-0.3, -0.25) is 0 Å². The van der Waals surface area contributed by atoms with E-state index in [1.54, 1.807) is 11.8 Å². The summed E-state index contributed by atoms with van der Waals surface area (Å²) in [5.41, 5.74) is 9.06. The fraction of sp³-hybridized carbons (Fsp3) is 0.154. The van der Waals surface area contributed by atoms with Crippen LogP contribution in [0.25, 0.3) is 0 Å².